The Morgan fingerprint density at radius 2 is 1.77 bits per heavy atom. The summed E-state index contributed by atoms with van der Waals surface area (Å²) >= 11 is 0. The van der Waals surface area contributed by atoms with E-state index < -0.39 is 12.1 Å². The van der Waals surface area contributed by atoms with Crippen molar-refractivity contribution in [2.45, 2.75) is 13.0 Å². The predicted octanol–water partition coefficient (Wildman–Crippen LogP) is 3.47. The van der Waals surface area contributed by atoms with Gasteiger partial charge in [0.1, 0.15) is 17.9 Å². The minimum atomic E-state index is -0.664. The van der Waals surface area contributed by atoms with Crippen molar-refractivity contribution in [3.8, 4) is 6.07 Å². The van der Waals surface area contributed by atoms with E-state index in [1.807, 2.05) is 54.6 Å². The molecule has 7 nitrogen and oxygen atoms in total. The summed E-state index contributed by atoms with van der Waals surface area (Å²) in [6.45, 7) is 5.08. The van der Waals surface area contributed by atoms with E-state index in [2.05, 4.69) is 28.2 Å². The number of aliphatic imine (C=N–C) groups is 1. The number of ether oxygens (including phenoxy) is 1. The standard InChI is InChI=1S/C24H25N5O2/c1-17(18-8-4-3-5-9-18)31-24(30)19(16-25)22-23(29-14-12-28(2)13-15-29)27-21-11-7-6-10-20(21)26-22/h3-11,17,26H,12-15H2,1-2H3. The van der Waals surface area contributed by atoms with Gasteiger partial charge in [0.2, 0.25) is 0 Å². The van der Waals surface area contributed by atoms with E-state index in [1.165, 1.54) is 0 Å². The number of piperazine rings is 1. The molecular formula is C24H25N5O2. The SMILES string of the molecule is CC(OC(=O)C(C#N)=C1Nc2ccccc2N=C1N1CCN(C)CC1)c1ccccc1. The first-order valence-corrected chi connectivity index (χ1v) is 10.4. The van der Waals surface area contributed by atoms with Gasteiger partial charge in [-0.25, -0.2) is 9.79 Å². The lowest BCUT2D eigenvalue weighted by atomic mass is 10.1. The fraction of sp³-hybridized carbons (Fsp3) is 0.292. The summed E-state index contributed by atoms with van der Waals surface area (Å²) in [4.78, 5) is 22.2. The molecule has 2 aromatic carbocycles. The minimum absolute atomic E-state index is 0.0741. The van der Waals surface area contributed by atoms with Crippen LogP contribution in [0.15, 0.2) is 70.9 Å². The molecule has 7 heteroatoms. The number of nitrogens with zero attached hydrogens (tertiary/aromatic N) is 4. The number of likely N-dealkylation sites (N-methyl/N-ethyl adjacent to an activating group) is 1. The first-order chi connectivity index (χ1) is 15.1. The number of anilines is 1. The Hall–Kier alpha value is -3.63. The smallest absolute Gasteiger partial charge is 0.351 e. The van der Waals surface area contributed by atoms with E-state index in [1.54, 1.807) is 6.92 Å². The second-order valence-corrected chi connectivity index (χ2v) is 7.69. The van der Waals surface area contributed by atoms with Gasteiger partial charge in [-0.05, 0) is 31.7 Å². The van der Waals surface area contributed by atoms with Crippen LogP contribution in [0.3, 0.4) is 0 Å². The van der Waals surface area contributed by atoms with Crippen molar-refractivity contribution < 1.29 is 9.53 Å². The van der Waals surface area contributed by atoms with Crippen LogP contribution in [0.5, 0.6) is 0 Å². The second kappa shape index (κ2) is 9.02. The van der Waals surface area contributed by atoms with Gasteiger partial charge in [-0.15, -0.1) is 0 Å². The van der Waals surface area contributed by atoms with Crippen LogP contribution in [0.4, 0.5) is 11.4 Å². The predicted molar refractivity (Wildman–Crippen MR) is 120 cm³/mol. The summed E-state index contributed by atoms with van der Waals surface area (Å²) in [5.74, 6) is -0.0600. The van der Waals surface area contributed by atoms with Gasteiger partial charge >= 0.3 is 5.97 Å². The molecule has 2 aliphatic heterocycles. The van der Waals surface area contributed by atoms with Crippen molar-refractivity contribution in [2.75, 3.05) is 38.5 Å². The molecule has 1 fully saturated rings. The lowest BCUT2D eigenvalue weighted by Crippen LogP contribution is -2.49. The van der Waals surface area contributed by atoms with Crippen molar-refractivity contribution in [1.29, 1.82) is 5.26 Å². The Morgan fingerprint density at radius 1 is 1.10 bits per heavy atom. The number of benzene rings is 2. The molecule has 4 rings (SSSR count). The van der Waals surface area contributed by atoms with Gasteiger partial charge in [-0.2, -0.15) is 5.26 Å². The normalized spacial score (nSPS) is 18.7. The van der Waals surface area contributed by atoms with Gasteiger partial charge in [0.15, 0.2) is 11.4 Å². The van der Waals surface area contributed by atoms with Crippen molar-refractivity contribution in [3.05, 3.63) is 71.4 Å². The van der Waals surface area contributed by atoms with Crippen LogP contribution >= 0.6 is 0 Å². The number of fused-ring (bicyclic) bond motifs is 1. The molecule has 2 aromatic rings. The maximum Gasteiger partial charge on any atom is 0.351 e. The fourth-order valence-corrected chi connectivity index (χ4v) is 3.67. The van der Waals surface area contributed by atoms with Crippen molar-refractivity contribution in [1.82, 2.24) is 9.80 Å². The first kappa shape index (κ1) is 20.6. The highest BCUT2D eigenvalue weighted by molar-refractivity contribution is 6.12. The van der Waals surface area contributed by atoms with Crippen LogP contribution in [-0.2, 0) is 9.53 Å². The summed E-state index contributed by atoms with van der Waals surface area (Å²) in [6, 6.07) is 19.1. The Bertz CT molecular complexity index is 1060. The molecule has 0 bridgehead atoms. The lowest BCUT2D eigenvalue weighted by Gasteiger charge is -2.37. The third-order valence-corrected chi connectivity index (χ3v) is 5.54. The van der Waals surface area contributed by atoms with Gasteiger partial charge in [0.05, 0.1) is 11.4 Å². The van der Waals surface area contributed by atoms with Crippen molar-refractivity contribution >= 4 is 23.2 Å². The molecule has 1 saturated heterocycles. The Kier molecular flexibility index (Phi) is 6.01. The summed E-state index contributed by atoms with van der Waals surface area (Å²) < 4.78 is 5.64. The highest BCUT2D eigenvalue weighted by atomic mass is 16.5. The van der Waals surface area contributed by atoms with E-state index in [-0.39, 0.29) is 5.57 Å². The maximum absolute atomic E-state index is 13.0. The topological polar surface area (TPSA) is 81.0 Å². The van der Waals surface area contributed by atoms with Crippen LogP contribution in [0.25, 0.3) is 0 Å². The second-order valence-electron chi connectivity index (χ2n) is 7.69. The molecule has 0 saturated carbocycles. The van der Waals surface area contributed by atoms with Crippen molar-refractivity contribution in [3.63, 3.8) is 0 Å². The van der Waals surface area contributed by atoms with Crippen LogP contribution in [0.1, 0.15) is 18.6 Å². The van der Waals surface area contributed by atoms with Crippen LogP contribution in [0.2, 0.25) is 0 Å². The van der Waals surface area contributed by atoms with Gasteiger partial charge in [0.25, 0.3) is 0 Å². The third kappa shape index (κ3) is 4.44. The number of hydrogen-bond acceptors (Lipinski definition) is 7. The molecule has 0 aliphatic carbocycles. The average molecular weight is 415 g/mol. The van der Waals surface area contributed by atoms with Crippen LogP contribution < -0.4 is 5.32 Å². The maximum atomic E-state index is 13.0. The number of hydrogen-bond donors (Lipinski definition) is 1. The number of esters is 1. The molecule has 31 heavy (non-hydrogen) atoms. The number of carbonyl (C=O) groups is 1. The molecule has 1 atom stereocenters. The highest BCUT2D eigenvalue weighted by Crippen LogP contribution is 2.33. The summed E-state index contributed by atoms with van der Waals surface area (Å²) in [5.41, 5.74) is 2.73. The molecule has 2 heterocycles. The number of rotatable bonds is 3. The number of para-hydroxylation sites is 2. The van der Waals surface area contributed by atoms with Gasteiger partial charge in [-0.1, -0.05) is 42.5 Å². The minimum Gasteiger partial charge on any atom is -0.454 e. The summed E-state index contributed by atoms with van der Waals surface area (Å²) in [7, 11) is 2.08. The summed E-state index contributed by atoms with van der Waals surface area (Å²) in [6.07, 6.45) is -0.474. The largest absolute Gasteiger partial charge is 0.454 e. The summed E-state index contributed by atoms with van der Waals surface area (Å²) in [5, 5.41) is 13.2. The van der Waals surface area contributed by atoms with E-state index in [9.17, 15) is 10.1 Å². The van der Waals surface area contributed by atoms with Gasteiger partial charge in [0, 0.05) is 26.2 Å². The zero-order valence-corrected chi connectivity index (χ0v) is 17.7. The molecular weight excluding hydrogens is 390 g/mol. The molecule has 2 aliphatic rings. The molecule has 0 aromatic heterocycles. The Labute approximate surface area is 182 Å². The molecule has 0 amide bonds. The molecule has 0 spiro atoms. The average Bonchev–Trinajstić information content (AvgIpc) is 2.80. The monoisotopic (exact) mass is 415 g/mol. The highest BCUT2D eigenvalue weighted by Gasteiger charge is 2.30. The van der Waals surface area contributed by atoms with E-state index in [0.717, 1.165) is 43.1 Å². The lowest BCUT2D eigenvalue weighted by molar-refractivity contribution is -0.143. The molecule has 0 radical (unpaired) electrons. The van der Waals surface area contributed by atoms with E-state index >= 15 is 0 Å². The van der Waals surface area contributed by atoms with E-state index in [4.69, 9.17) is 9.73 Å². The van der Waals surface area contributed by atoms with Crippen LogP contribution in [0, 0.1) is 11.3 Å². The molecule has 1 unspecified atom stereocenters. The molecule has 158 valence electrons. The van der Waals surface area contributed by atoms with Crippen LogP contribution in [-0.4, -0.2) is 54.8 Å². The van der Waals surface area contributed by atoms with E-state index in [0.29, 0.717) is 11.5 Å². The Balaban J connectivity index is 1.69. The third-order valence-electron chi connectivity index (χ3n) is 5.54. The fourth-order valence-electron chi connectivity index (χ4n) is 3.67. The number of carbonyl (C=O) groups excluding carboxylic acids is 1. The number of nitriles is 1. The quantitative estimate of drug-likeness (QED) is 0.470. The zero-order chi connectivity index (χ0) is 21.8. The van der Waals surface area contributed by atoms with Crippen molar-refractivity contribution in [2.24, 2.45) is 4.99 Å². The number of amidine groups is 1. The first-order valence-electron chi connectivity index (χ1n) is 10.4. The van der Waals surface area contributed by atoms with Gasteiger partial charge < -0.3 is 19.9 Å². The Morgan fingerprint density at radius 3 is 2.48 bits per heavy atom. The number of nitrogens with one attached hydrogen (secondary N) is 1. The van der Waals surface area contributed by atoms with Gasteiger partial charge in [-0.3, -0.25) is 0 Å². The zero-order valence-electron chi connectivity index (χ0n) is 17.7. The molecule has 1 N–H and O–H groups in total.